The summed E-state index contributed by atoms with van der Waals surface area (Å²) in [5.74, 6) is 0.698. The zero-order valence-electron chi connectivity index (χ0n) is 13.6. The van der Waals surface area contributed by atoms with Crippen LogP contribution in [-0.2, 0) is 0 Å². The van der Waals surface area contributed by atoms with Gasteiger partial charge in [-0.3, -0.25) is 4.40 Å². The van der Waals surface area contributed by atoms with Crippen molar-refractivity contribution in [2.24, 2.45) is 0 Å². The molecule has 0 spiro atoms. The molecule has 0 saturated heterocycles. The van der Waals surface area contributed by atoms with E-state index in [1.807, 2.05) is 47.3 Å². The molecule has 0 aliphatic heterocycles. The fraction of sp³-hybridized carbons (Fsp3) is 0. The highest BCUT2D eigenvalue weighted by molar-refractivity contribution is 6.30. The van der Waals surface area contributed by atoms with Crippen LogP contribution in [0.2, 0.25) is 5.02 Å². The average Bonchev–Trinajstić information content (AvgIpc) is 3.30. The van der Waals surface area contributed by atoms with Gasteiger partial charge in [0.2, 0.25) is 0 Å². The third kappa shape index (κ3) is 2.50. The minimum atomic E-state index is 0.698. The molecule has 3 aromatic heterocycles. The van der Waals surface area contributed by atoms with Crippen LogP contribution in [0.3, 0.4) is 0 Å². The van der Waals surface area contributed by atoms with Crippen molar-refractivity contribution < 1.29 is 0 Å². The maximum absolute atomic E-state index is 5.95. The highest BCUT2D eigenvalue weighted by Crippen LogP contribution is 2.27. The highest BCUT2D eigenvalue weighted by atomic mass is 35.5. The number of nitrogens with zero attached hydrogens (tertiary/aromatic N) is 3. The summed E-state index contributed by atoms with van der Waals surface area (Å²) in [5.41, 5.74) is 4.92. The Labute approximate surface area is 154 Å². The van der Waals surface area contributed by atoms with Crippen molar-refractivity contribution in [2.45, 2.75) is 0 Å². The van der Waals surface area contributed by atoms with Gasteiger partial charge in [-0.1, -0.05) is 17.7 Å². The summed E-state index contributed by atoms with van der Waals surface area (Å²) in [6.45, 7) is 0. The van der Waals surface area contributed by atoms with E-state index in [0.29, 0.717) is 10.8 Å². The lowest BCUT2D eigenvalue weighted by atomic mass is 10.1. The Morgan fingerprint density at radius 2 is 1.88 bits per heavy atom. The highest BCUT2D eigenvalue weighted by Gasteiger charge is 2.11. The molecule has 5 aromatic rings. The number of halogens is 1. The maximum Gasteiger partial charge on any atom is 0.180 e. The van der Waals surface area contributed by atoms with Crippen LogP contribution in [0.1, 0.15) is 0 Å². The van der Waals surface area contributed by atoms with E-state index in [0.717, 1.165) is 28.1 Å². The number of H-pyrrole nitrogens is 1. The number of aromatic amines is 1. The minimum Gasteiger partial charge on any atom is -0.361 e. The van der Waals surface area contributed by atoms with Gasteiger partial charge < -0.3 is 10.3 Å². The van der Waals surface area contributed by atoms with E-state index in [4.69, 9.17) is 11.6 Å². The van der Waals surface area contributed by atoms with E-state index in [1.54, 1.807) is 6.20 Å². The first-order valence-electron chi connectivity index (χ1n) is 8.20. The monoisotopic (exact) mass is 359 g/mol. The van der Waals surface area contributed by atoms with Crippen molar-refractivity contribution in [3.05, 3.63) is 78.3 Å². The second-order valence-corrected chi connectivity index (χ2v) is 6.46. The van der Waals surface area contributed by atoms with Gasteiger partial charge in [-0.25, -0.2) is 9.97 Å². The molecule has 5 nitrogen and oxygen atoms in total. The molecule has 0 aliphatic rings. The van der Waals surface area contributed by atoms with Crippen LogP contribution in [0.15, 0.2) is 73.3 Å². The SMILES string of the molecule is Clc1ccc(Nc2nccn3c(-c4ccc5[nH]ccc5c4)cnc23)cc1. The predicted octanol–water partition coefficient (Wildman–Crippen LogP) is 5.27. The molecule has 0 atom stereocenters. The van der Waals surface area contributed by atoms with Crippen LogP contribution >= 0.6 is 11.6 Å². The first-order chi connectivity index (χ1) is 12.8. The quantitative estimate of drug-likeness (QED) is 0.461. The average molecular weight is 360 g/mol. The van der Waals surface area contributed by atoms with Gasteiger partial charge in [0.25, 0.3) is 0 Å². The first kappa shape index (κ1) is 15.0. The molecule has 0 radical (unpaired) electrons. The number of nitrogens with one attached hydrogen (secondary N) is 2. The number of hydrogen-bond donors (Lipinski definition) is 2. The molecule has 6 heteroatoms. The van der Waals surface area contributed by atoms with E-state index in [9.17, 15) is 0 Å². The summed E-state index contributed by atoms with van der Waals surface area (Å²) in [6.07, 6.45) is 7.51. The number of rotatable bonds is 3. The topological polar surface area (TPSA) is 58.0 Å². The lowest BCUT2D eigenvalue weighted by Crippen LogP contribution is -1.98. The molecule has 0 saturated carbocycles. The summed E-state index contributed by atoms with van der Waals surface area (Å²) in [5, 5.41) is 5.18. The minimum absolute atomic E-state index is 0.698. The summed E-state index contributed by atoms with van der Waals surface area (Å²) in [6, 6.07) is 15.9. The van der Waals surface area contributed by atoms with Gasteiger partial charge in [-0.05, 0) is 42.5 Å². The number of aromatic nitrogens is 4. The van der Waals surface area contributed by atoms with Crippen molar-refractivity contribution >= 4 is 39.7 Å². The van der Waals surface area contributed by atoms with E-state index in [2.05, 4.69) is 44.5 Å². The molecule has 0 unspecified atom stereocenters. The molecule has 2 N–H and O–H groups in total. The molecule has 0 fully saturated rings. The molecule has 126 valence electrons. The van der Waals surface area contributed by atoms with Crippen LogP contribution in [0.5, 0.6) is 0 Å². The summed E-state index contributed by atoms with van der Waals surface area (Å²) >= 11 is 5.95. The second-order valence-electron chi connectivity index (χ2n) is 6.02. The number of fused-ring (bicyclic) bond motifs is 2. The zero-order chi connectivity index (χ0) is 17.5. The molecule has 5 rings (SSSR count). The fourth-order valence-corrected chi connectivity index (χ4v) is 3.23. The lowest BCUT2D eigenvalue weighted by Gasteiger charge is -2.08. The van der Waals surface area contributed by atoms with E-state index in [1.165, 1.54) is 5.39 Å². The largest absolute Gasteiger partial charge is 0.361 e. The van der Waals surface area contributed by atoms with Crippen molar-refractivity contribution in [2.75, 3.05) is 5.32 Å². The van der Waals surface area contributed by atoms with Crippen molar-refractivity contribution in [1.82, 2.24) is 19.4 Å². The molecule has 26 heavy (non-hydrogen) atoms. The van der Waals surface area contributed by atoms with E-state index < -0.39 is 0 Å². The van der Waals surface area contributed by atoms with Crippen LogP contribution in [0, 0.1) is 0 Å². The van der Waals surface area contributed by atoms with Gasteiger partial charge in [0.15, 0.2) is 11.5 Å². The molecule has 0 bridgehead atoms. The summed E-state index contributed by atoms with van der Waals surface area (Å²) in [7, 11) is 0. The van der Waals surface area contributed by atoms with Gasteiger partial charge in [0.05, 0.1) is 11.9 Å². The lowest BCUT2D eigenvalue weighted by molar-refractivity contribution is 1.13. The van der Waals surface area contributed by atoms with E-state index >= 15 is 0 Å². The van der Waals surface area contributed by atoms with Gasteiger partial charge in [0, 0.05) is 45.8 Å². The fourth-order valence-electron chi connectivity index (χ4n) is 3.10. The Kier molecular flexibility index (Phi) is 3.40. The molecule has 2 aromatic carbocycles. The third-order valence-electron chi connectivity index (χ3n) is 4.38. The Morgan fingerprint density at radius 1 is 1.00 bits per heavy atom. The third-order valence-corrected chi connectivity index (χ3v) is 4.64. The molecular weight excluding hydrogens is 346 g/mol. The van der Waals surface area contributed by atoms with Gasteiger partial charge in [-0.15, -0.1) is 0 Å². The van der Waals surface area contributed by atoms with Crippen LogP contribution < -0.4 is 5.32 Å². The van der Waals surface area contributed by atoms with Crippen LogP contribution in [0.25, 0.3) is 27.8 Å². The van der Waals surface area contributed by atoms with Crippen LogP contribution in [0.4, 0.5) is 11.5 Å². The van der Waals surface area contributed by atoms with E-state index in [-0.39, 0.29) is 0 Å². The first-order valence-corrected chi connectivity index (χ1v) is 8.58. The molecule has 0 aliphatic carbocycles. The van der Waals surface area contributed by atoms with Gasteiger partial charge >= 0.3 is 0 Å². The summed E-state index contributed by atoms with van der Waals surface area (Å²) in [4.78, 5) is 12.2. The number of imidazole rings is 1. The molecule has 3 heterocycles. The van der Waals surface area contributed by atoms with Gasteiger partial charge in [0.1, 0.15) is 0 Å². The number of hydrogen-bond acceptors (Lipinski definition) is 3. The number of anilines is 2. The Bertz CT molecular complexity index is 1220. The molecular formula is C20H14ClN5. The standard InChI is InChI=1S/C20H14ClN5/c21-15-2-4-16(5-3-15)25-19-20-24-12-18(26(20)10-9-23-19)14-1-6-17-13(11-14)7-8-22-17/h1-12,22H,(H,23,25). The van der Waals surface area contributed by atoms with Gasteiger partial charge in [-0.2, -0.15) is 0 Å². The van der Waals surface area contributed by atoms with Crippen molar-refractivity contribution in [1.29, 1.82) is 0 Å². The smallest absolute Gasteiger partial charge is 0.180 e. The normalized spacial score (nSPS) is 11.3. The number of benzene rings is 2. The second kappa shape index (κ2) is 5.89. The summed E-state index contributed by atoms with van der Waals surface area (Å²) < 4.78 is 2.04. The Hall–Kier alpha value is -3.31. The van der Waals surface area contributed by atoms with Crippen molar-refractivity contribution in [3.8, 4) is 11.3 Å². The maximum atomic E-state index is 5.95. The van der Waals surface area contributed by atoms with Crippen molar-refractivity contribution in [3.63, 3.8) is 0 Å². The predicted molar refractivity (Wildman–Crippen MR) is 105 cm³/mol. The Morgan fingerprint density at radius 3 is 2.77 bits per heavy atom. The molecule has 0 amide bonds. The van der Waals surface area contributed by atoms with Crippen LogP contribution in [-0.4, -0.2) is 19.4 Å². The Balaban J connectivity index is 1.59. The zero-order valence-corrected chi connectivity index (χ0v) is 14.4.